The maximum atomic E-state index is 4.59. The predicted molar refractivity (Wildman–Crippen MR) is 142 cm³/mol. The van der Waals surface area contributed by atoms with Gasteiger partial charge in [0.05, 0.1) is 6.21 Å². The highest BCUT2D eigenvalue weighted by molar-refractivity contribution is 14.1. The fourth-order valence-corrected chi connectivity index (χ4v) is 4.76. The second kappa shape index (κ2) is 9.84. The topological polar surface area (TPSA) is 28.0 Å². The molecule has 0 fully saturated rings. The second-order valence-electron chi connectivity index (χ2n) is 6.74. The quantitative estimate of drug-likeness (QED) is 0.107. The van der Waals surface area contributed by atoms with Crippen molar-refractivity contribution >= 4 is 62.8 Å². The van der Waals surface area contributed by atoms with E-state index in [-0.39, 0.29) is 0 Å². The standard InChI is InChI=1S/C24H21I2N3/c25-13-15-29(16-14-26)19-11-9-18(10-12-19)17-27-28-24-22-7-3-1-5-20(22)21-6-2-4-8-23(21)24/h1-12,17H,13-16H2/b27-17+. The van der Waals surface area contributed by atoms with Crippen LogP contribution in [-0.4, -0.2) is 33.9 Å². The van der Waals surface area contributed by atoms with E-state index < -0.39 is 0 Å². The van der Waals surface area contributed by atoms with Crippen LogP contribution in [0.15, 0.2) is 83.0 Å². The third-order valence-electron chi connectivity index (χ3n) is 4.99. The Morgan fingerprint density at radius 2 is 1.21 bits per heavy atom. The molecule has 0 heterocycles. The fourth-order valence-electron chi connectivity index (χ4n) is 3.60. The number of hydrogen-bond acceptors (Lipinski definition) is 3. The zero-order chi connectivity index (χ0) is 20.1. The van der Waals surface area contributed by atoms with Gasteiger partial charge >= 0.3 is 0 Å². The summed E-state index contributed by atoms with van der Waals surface area (Å²) in [6.07, 6.45) is 1.83. The van der Waals surface area contributed by atoms with E-state index in [2.05, 4.69) is 133 Å². The smallest absolute Gasteiger partial charge is 0.101 e. The van der Waals surface area contributed by atoms with Crippen molar-refractivity contribution in [1.82, 2.24) is 0 Å². The summed E-state index contributed by atoms with van der Waals surface area (Å²) in [5.74, 6) is 0. The first-order valence-electron chi connectivity index (χ1n) is 9.59. The van der Waals surface area contributed by atoms with Crippen LogP contribution in [0.3, 0.4) is 0 Å². The van der Waals surface area contributed by atoms with Crippen LogP contribution in [0.4, 0.5) is 5.69 Å². The molecule has 4 rings (SSSR count). The first kappa shape index (κ1) is 20.5. The Bertz CT molecular complexity index is 989. The molecular formula is C24H21I2N3. The lowest BCUT2D eigenvalue weighted by atomic mass is 10.1. The molecule has 0 aromatic heterocycles. The molecule has 0 radical (unpaired) electrons. The molecule has 0 saturated carbocycles. The van der Waals surface area contributed by atoms with E-state index >= 15 is 0 Å². The lowest BCUT2D eigenvalue weighted by Crippen LogP contribution is -2.27. The minimum Gasteiger partial charge on any atom is -0.370 e. The van der Waals surface area contributed by atoms with Gasteiger partial charge < -0.3 is 4.90 Å². The lowest BCUT2D eigenvalue weighted by molar-refractivity contribution is 0.892. The summed E-state index contributed by atoms with van der Waals surface area (Å²) in [5, 5.41) is 9.01. The molecule has 1 aliphatic rings. The Morgan fingerprint density at radius 3 is 1.72 bits per heavy atom. The molecule has 0 saturated heterocycles. The van der Waals surface area contributed by atoms with E-state index in [0.717, 1.165) is 44.3 Å². The third kappa shape index (κ3) is 4.55. The molecule has 0 bridgehead atoms. The van der Waals surface area contributed by atoms with Crippen molar-refractivity contribution < 1.29 is 0 Å². The molecule has 3 nitrogen and oxygen atoms in total. The maximum absolute atomic E-state index is 4.59. The fraction of sp³-hybridized carbons (Fsp3) is 0.167. The van der Waals surface area contributed by atoms with Crippen LogP contribution in [0.5, 0.6) is 0 Å². The maximum Gasteiger partial charge on any atom is 0.101 e. The number of nitrogens with zero attached hydrogens (tertiary/aromatic N) is 3. The van der Waals surface area contributed by atoms with Crippen molar-refractivity contribution in [3.05, 3.63) is 89.5 Å². The van der Waals surface area contributed by atoms with Gasteiger partial charge in [-0.3, -0.25) is 0 Å². The Morgan fingerprint density at radius 1 is 0.690 bits per heavy atom. The molecule has 1 aliphatic carbocycles. The number of halogens is 2. The SMILES string of the molecule is ICCN(CCI)c1ccc(/C=N/N=C2c3ccccc3-c3ccccc32)cc1. The summed E-state index contributed by atoms with van der Waals surface area (Å²) in [6.45, 7) is 2.15. The molecular weight excluding hydrogens is 584 g/mol. The van der Waals surface area contributed by atoms with Crippen LogP contribution in [0, 0.1) is 0 Å². The summed E-state index contributed by atoms with van der Waals surface area (Å²) in [6, 6.07) is 25.4. The molecule has 3 aromatic carbocycles. The molecule has 0 amide bonds. The number of alkyl halides is 2. The zero-order valence-electron chi connectivity index (χ0n) is 15.9. The molecule has 146 valence electrons. The van der Waals surface area contributed by atoms with Crippen molar-refractivity contribution in [3.8, 4) is 11.1 Å². The Kier molecular flexibility index (Phi) is 6.97. The molecule has 0 spiro atoms. The van der Waals surface area contributed by atoms with E-state index in [1.54, 1.807) is 0 Å². The van der Waals surface area contributed by atoms with E-state index in [1.807, 2.05) is 6.21 Å². The molecule has 5 heteroatoms. The van der Waals surface area contributed by atoms with Gasteiger partial charge in [-0.25, -0.2) is 0 Å². The Labute approximate surface area is 199 Å². The normalized spacial score (nSPS) is 12.1. The molecule has 0 aliphatic heterocycles. The van der Waals surface area contributed by atoms with E-state index in [9.17, 15) is 0 Å². The summed E-state index contributed by atoms with van der Waals surface area (Å²) in [5.41, 5.74) is 8.02. The number of fused-ring (bicyclic) bond motifs is 3. The average molecular weight is 605 g/mol. The highest BCUT2D eigenvalue weighted by Crippen LogP contribution is 2.36. The van der Waals surface area contributed by atoms with Crippen molar-refractivity contribution in [1.29, 1.82) is 0 Å². The van der Waals surface area contributed by atoms with Gasteiger partial charge in [-0.1, -0.05) is 106 Å². The van der Waals surface area contributed by atoms with Gasteiger partial charge in [0.15, 0.2) is 0 Å². The Hall–Kier alpha value is -1.74. The summed E-state index contributed by atoms with van der Waals surface area (Å²) in [4.78, 5) is 2.42. The number of anilines is 1. The number of hydrogen-bond donors (Lipinski definition) is 0. The first-order chi connectivity index (χ1) is 14.3. The number of rotatable bonds is 7. The highest BCUT2D eigenvalue weighted by atomic mass is 127. The summed E-state index contributed by atoms with van der Waals surface area (Å²) < 4.78 is 2.25. The van der Waals surface area contributed by atoms with Gasteiger partial charge in [0.25, 0.3) is 0 Å². The van der Waals surface area contributed by atoms with Crippen LogP contribution < -0.4 is 4.90 Å². The molecule has 0 atom stereocenters. The largest absolute Gasteiger partial charge is 0.370 e. The van der Waals surface area contributed by atoms with Crippen molar-refractivity contribution in [2.24, 2.45) is 10.2 Å². The predicted octanol–water partition coefficient (Wildman–Crippen LogP) is 6.21. The first-order valence-corrected chi connectivity index (χ1v) is 12.6. The summed E-state index contributed by atoms with van der Waals surface area (Å²) in [7, 11) is 0. The van der Waals surface area contributed by atoms with Gasteiger partial charge in [-0.05, 0) is 28.8 Å². The van der Waals surface area contributed by atoms with Gasteiger partial charge in [0.2, 0.25) is 0 Å². The van der Waals surface area contributed by atoms with Crippen LogP contribution in [0.1, 0.15) is 16.7 Å². The van der Waals surface area contributed by atoms with Gasteiger partial charge in [-0.2, -0.15) is 5.10 Å². The minimum absolute atomic E-state index is 0.944. The van der Waals surface area contributed by atoms with E-state index in [4.69, 9.17) is 0 Å². The van der Waals surface area contributed by atoms with E-state index in [0.29, 0.717) is 0 Å². The zero-order valence-corrected chi connectivity index (χ0v) is 20.2. The highest BCUT2D eigenvalue weighted by Gasteiger charge is 2.23. The summed E-state index contributed by atoms with van der Waals surface area (Å²) >= 11 is 4.87. The third-order valence-corrected chi connectivity index (χ3v) is 5.95. The van der Waals surface area contributed by atoms with Crippen molar-refractivity contribution in [3.63, 3.8) is 0 Å². The lowest BCUT2D eigenvalue weighted by Gasteiger charge is -2.23. The van der Waals surface area contributed by atoms with Gasteiger partial charge in [-0.15, -0.1) is 5.10 Å². The van der Waals surface area contributed by atoms with Crippen LogP contribution in [-0.2, 0) is 0 Å². The Balaban J connectivity index is 1.56. The number of benzene rings is 3. The van der Waals surface area contributed by atoms with Crippen LogP contribution in [0.25, 0.3) is 11.1 Å². The molecule has 0 unspecified atom stereocenters. The molecule has 0 N–H and O–H groups in total. The van der Waals surface area contributed by atoms with Crippen LogP contribution >= 0.6 is 45.2 Å². The van der Waals surface area contributed by atoms with Gasteiger partial charge in [0.1, 0.15) is 5.71 Å². The average Bonchev–Trinajstić information content (AvgIpc) is 3.08. The second-order valence-corrected chi connectivity index (χ2v) is 8.90. The monoisotopic (exact) mass is 605 g/mol. The van der Waals surface area contributed by atoms with Crippen LogP contribution in [0.2, 0.25) is 0 Å². The molecule has 29 heavy (non-hydrogen) atoms. The molecule has 3 aromatic rings. The van der Waals surface area contributed by atoms with Crippen molar-refractivity contribution in [2.45, 2.75) is 0 Å². The van der Waals surface area contributed by atoms with Gasteiger partial charge in [0, 0.05) is 38.8 Å². The van der Waals surface area contributed by atoms with E-state index in [1.165, 1.54) is 16.8 Å². The van der Waals surface area contributed by atoms with Crippen molar-refractivity contribution in [2.75, 3.05) is 26.8 Å². The minimum atomic E-state index is 0.944.